The molecule has 0 atom stereocenters. The van der Waals surface area contributed by atoms with Crippen LogP contribution in [0, 0.1) is 12.8 Å². The van der Waals surface area contributed by atoms with Gasteiger partial charge in [-0.25, -0.2) is 4.98 Å². The van der Waals surface area contributed by atoms with Crippen LogP contribution < -0.4 is 5.32 Å². The number of nitrogens with zero attached hydrogens (tertiary/aromatic N) is 2. The SMILES string of the molecule is Cc1noc2nc(C3CC3)cc(C(=O)NC3CCC(C(=O)O)CC3)c12. The maximum atomic E-state index is 12.9. The largest absolute Gasteiger partial charge is 0.481 e. The van der Waals surface area contributed by atoms with Gasteiger partial charge in [-0.3, -0.25) is 9.59 Å². The van der Waals surface area contributed by atoms with Gasteiger partial charge in [0.15, 0.2) is 0 Å². The molecule has 2 aliphatic rings. The van der Waals surface area contributed by atoms with Crippen LogP contribution in [-0.2, 0) is 4.79 Å². The summed E-state index contributed by atoms with van der Waals surface area (Å²) in [4.78, 5) is 28.4. The first-order chi connectivity index (χ1) is 12.0. The summed E-state index contributed by atoms with van der Waals surface area (Å²) in [5.74, 6) is -0.774. The Hall–Kier alpha value is -2.44. The van der Waals surface area contributed by atoms with Crippen LogP contribution in [0.5, 0.6) is 0 Å². The molecule has 0 spiro atoms. The summed E-state index contributed by atoms with van der Waals surface area (Å²) in [7, 11) is 0. The van der Waals surface area contributed by atoms with Crippen molar-refractivity contribution in [3.05, 3.63) is 23.0 Å². The van der Waals surface area contributed by atoms with Gasteiger partial charge in [-0.15, -0.1) is 0 Å². The lowest BCUT2D eigenvalue weighted by molar-refractivity contribution is -0.142. The van der Waals surface area contributed by atoms with Crippen LogP contribution in [0.4, 0.5) is 0 Å². The van der Waals surface area contributed by atoms with E-state index in [1.54, 1.807) is 6.92 Å². The highest BCUT2D eigenvalue weighted by Crippen LogP contribution is 2.40. The van der Waals surface area contributed by atoms with Crippen molar-refractivity contribution in [2.24, 2.45) is 5.92 Å². The number of nitrogens with one attached hydrogen (secondary N) is 1. The van der Waals surface area contributed by atoms with Gasteiger partial charge in [0.05, 0.1) is 22.6 Å². The standard InChI is InChI=1S/C18H21N3O4/c1-9-15-13(8-14(10-2-3-10)20-17(15)25-21-9)16(22)19-12-6-4-11(5-7-12)18(23)24/h8,10-12H,2-7H2,1H3,(H,19,22)(H,23,24). The zero-order valence-corrected chi connectivity index (χ0v) is 14.1. The Morgan fingerprint density at radius 3 is 2.56 bits per heavy atom. The number of amides is 1. The van der Waals surface area contributed by atoms with E-state index in [2.05, 4.69) is 15.5 Å². The minimum atomic E-state index is -0.741. The molecule has 25 heavy (non-hydrogen) atoms. The van der Waals surface area contributed by atoms with Crippen LogP contribution in [0.2, 0.25) is 0 Å². The number of pyridine rings is 1. The predicted molar refractivity (Wildman–Crippen MR) is 89.4 cm³/mol. The Balaban J connectivity index is 1.55. The second-order valence-corrected chi connectivity index (χ2v) is 7.18. The van der Waals surface area contributed by atoms with Crippen molar-refractivity contribution in [2.45, 2.75) is 57.4 Å². The number of fused-ring (bicyclic) bond motifs is 1. The maximum absolute atomic E-state index is 12.9. The first kappa shape index (κ1) is 16.1. The average molecular weight is 343 g/mol. The fourth-order valence-electron chi connectivity index (χ4n) is 3.63. The van der Waals surface area contributed by atoms with E-state index in [1.165, 1.54) is 0 Å². The molecular weight excluding hydrogens is 322 g/mol. The Kier molecular flexibility index (Phi) is 3.94. The number of carbonyl (C=O) groups is 2. The number of carboxylic acids is 1. The molecule has 2 fully saturated rings. The lowest BCUT2D eigenvalue weighted by Crippen LogP contribution is -2.38. The van der Waals surface area contributed by atoms with Crippen LogP contribution in [0.25, 0.3) is 11.1 Å². The minimum Gasteiger partial charge on any atom is -0.481 e. The molecule has 4 rings (SSSR count). The van der Waals surface area contributed by atoms with Crippen molar-refractivity contribution >= 4 is 23.0 Å². The highest BCUT2D eigenvalue weighted by Gasteiger charge is 2.30. The number of hydrogen-bond donors (Lipinski definition) is 2. The smallest absolute Gasteiger partial charge is 0.306 e. The van der Waals surface area contributed by atoms with Crippen LogP contribution in [0.3, 0.4) is 0 Å². The topological polar surface area (TPSA) is 105 Å². The zero-order chi connectivity index (χ0) is 17.6. The molecule has 7 nitrogen and oxygen atoms in total. The summed E-state index contributed by atoms with van der Waals surface area (Å²) in [6.07, 6.45) is 4.76. The molecule has 0 bridgehead atoms. The van der Waals surface area contributed by atoms with Gasteiger partial charge < -0.3 is 14.9 Å². The predicted octanol–water partition coefficient (Wildman–Crippen LogP) is 2.78. The van der Waals surface area contributed by atoms with Crippen LogP contribution in [-0.4, -0.2) is 33.2 Å². The molecule has 1 amide bonds. The number of carboxylic acid groups (broad SMARTS) is 1. The van der Waals surface area contributed by atoms with E-state index in [0.717, 1.165) is 18.5 Å². The van der Waals surface area contributed by atoms with E-state index in [-0.39, 0.29) is 17.9 Å². The lowest BCUT2D eigenvalue weighted by atomic mass is 9.86. The normalized spacial score (nSPS) is 23.6. The molecule has 2 saturated carbocycles. The Morgan fingerprint density at radius 1 is 1.20 bits per heavy atom. The second kappa shape index (κ2) is 6.13. The van der Waals surface area contributed by atoms with Crippen molar-refractivity contribution in [2.75, 3.05) is 0 Å². The molecular formula is C18H21N3O4. The zero-order valence-electron chi connectivity index (χ0n) is 14.1. The van der Waals surface area contributed by atoms with E-state index < -0.39 is 5.97 Å². The second-order valence-electron chi connectivity index (χ2n) is 7.18. The quantitative estimate of drug-likeness (QED) is 0.884. The molecule has 0 saturated heterocycles. The molecule has 0 aromatic carbocycles. The molecule has 2 aromatic heterocycles. The Labute approximate surface area is 144 Å². The van der Waals surface area contributed by atoms with Crippen LogP contribution in [0.1, 0.15) is 66.2 Å². The van der Waals surface area contributed by atoms with Crippen LogP contribution >= 0.6 is 0 Å². The van der Waals surface area contributed by atoms with Crippen molar-refractivity contribution < 1.29 is 19.2 Å². The van der Waals surface area contributed by atoms with E-state index in [9.17, 15) is 9.59 Å². The van der Waals surface area contributed by atoms with Gasteiger partial charge in [0.25, 0.3) is 11.6 Å². The summed E-state index contributed by atoms with van der Waals surface area (Å²) < 4.78 is 5.28. The highest BCUT2D eigenvalue weighted by atomic mass is 16.5. The monoisotopic (exact) mass is 343 g/mol. The van der Waals surface area contributed by atoms with E-state index in [1.807, 2.05) is 6.07 Å². The van der Waals surface area contributed by atoms with Gasteiger partial charge in [0, 0.05) is 17.7 Å². The van der Waals surface area contributed by atoms with E-state index >= 15 is 0 Å². The number of aromatic nitrogens is 2. The van der Waals surface area contributed by atoms with Gasteiger partial charge in [-0.05, 0) is 51.5 Å². The summed E-state index contributed by atoms with van der Waals surface area (Å²) in [5, 5.41) is 16.8. The minimum absolute atomic E-state index is 0.0101. The van der Waals surface area contributed by atoms with Gasteiger partial charge in [-0.2, -0.15) is 0 Å². The number of hydrogen-bond acceptors (Lipinski definition) is 5. The Morgan fingerprint density at radius 2 is 1.92 bits per heavy atom. The first-order valence-corrected chi connectivity index (χ1v) is 8.83. The van der Waals surface area contributed by atoms with Gasteiger partial charge in [0.2, 0.25) is 0 Å². The maximum Gasteiger partial charge on any atom is 0.306 e. The van der Waals surface area contributed by atoms with Crippen molar-refractivity contribution in [3.8, 4) is 0 Å². The number of aryl methyl sites for hydroxylation is 1. The average Bonchev–Trinajstić information content (AvgIpc) is 3.38. The third kappa shape index (κ3) is 3.10. The van der Waals surface area contributed by atoms with Gasteiger partial charge in [-0.1, -0.05) is 5.16 Å². The molecule has 2 N–H and O–H groups in total. The molecule has 0 aliphatic heterocycles. The Bertz CT molecular complexity index is 832. The number of rotatable bonds is 4. The van der Waals surface area contributed by atoms with Crippen LogP contribution in [0.15, 0.2) is 10.6 Å². The summed E-state index contributed by atoms with van der Waals surface area (Å²) >= 11 is 0. The first-order valence-electron chi connectivity index (χ1n) is 8.83. The number of carbonyl (C=O) groups excluding carboxylic acids is 1. The van der Waals surface area contributed by atoms with Crippen molar-refractivity contribution in [3.63, 3.8) is 0 Å². The molecule has 132 valence electrons. The fourth-order valence-corrected chi connectivity index (χ4v) is 3.63. The van der Waals surface area contributed by atoms with E-state index in [0.29, 0.717) is 54.0 Å². The van der Waals surface area contributed by atoms with Crippen molar-refractivity contribution in [1.82, 2.24) is 15.5 Å². The number of aliphatic carboxylic acids is 1. The third-order valence-electron chi connectivity index (χ3n) is 5.29. The lowest BCUT2D eigenvalue weighted by Gasteiger charge is -2.26. The molecule has 0 radical (unpaired) electrons. The van der Waals surface area contributed by atoms with Gasteiger partial charge in [0.1, 0.15) is 0 Å². The summed E-state index contributed by atoms with van der Waals surface area (Å²) in [6, 6.07) is 1.87. The summed E-state index contributed by atoms with van der Waals surface area (Å²) in [6.45, 7) is 1.80. The highest BCUT2D eigenvalue weighted by molar-refractivity contribution is 6.06. The molecule has 2 heterocycles. The van der Waals surface area contributed by atoms with E-state index in [4.69, 9.17) is 9.63 Å². The molecule has 7 heteroatoms. The molecule has 0 unspecified atom stereocenters. The van der Waals surface area contributed by atoms with Crippen molar-refractivity contribution in [1.29, 1.82) is 0 Å². The third-order valence-corrected chi connectivity index (χ3v) is 5.29. The fraction of sp³-hybridized carbons (Fsp3) is 0.556. The molecule has 2 aliphatic carbocycles. The molecule has 2 aromatic rings. The summed E-state index contributed by atoms with van der Waals surface area (Å²) in [5.41, 5.74) is 2.53. The van der Waals surface area contributed by atoms with Gasteiger partial charge >= 0.3 is 5.97 Å².